The van der Waals surface area contributed by atoms with Crippen LogP contribution in [0.5, 0.6) is 0 Å². The van der Waals surface area contributed by atoms with E-state index in [-0.39, 0.29) is 25.2 Å². The molecule has 1 atom stereocenters. The second kappa shape index (κ2) is 60.1. The van der Waals surface area contributed by atoms with Gasteiger partial charge in [0.15, 0.2) is 6.10 Å². The van der Waals surface area contributed by atoms with E-state index in [1.807, 2.05) is 0 Å². The van der Waals surface area contributed by atoms with E-state index < -0.39 is 6.10 Å². The number of hydrogen-bond acceptors (Lipinski definition) is 5. The summed E-state index contributed by atoms with van der Waals surface area (Å²) in [4.78, 5) is 24.5. The van der Waals surface area contributed by atoms with E-state index in [1.54, 1.807) is 0 Å². The molecule has 1 unspecified atom stereocenters. The molecular weight excluding hydrogens is 873 g/mol. The smallest absolute Gasteiger partial charge is 0.306 e. The van der Waals surface area contributed by atoms with Crippen molar-refractivity contribution in [3.63, 3.8) is 0 Å². The minimum Gasteiger partial charge on any atom is -0.462 e. The van der Waals surface area contributed by atoms with Gasteiger partial charge >= 0.3 is 11.9 Å². The van der Waals surface area contributed by atoms with Gasteiger partial charge in [0.05, 0.1) is 6.61 Å². The molecule has 0 aliphatic rings. The van der Waals surface area contributed by atoms with Crippen LogP contribution in [0.15, 0.2) is 146 Å². The van der Waals surface area contributed by atoms with Crippen molar-refractivity contribution in [2.24, 2.45) is 0 Å². The predicted octanol–water partition coefficient (Wildman–Crippen LogP) is 19.8. The molecule has 0 radical (unpaired) electrons. The van der Waals surface area contributed by atoms with Gasteiger partial charge in [-0.1, -0.05) is 250 Å². The largest absolute Gasteiger partial charge is 0.462 e. The summed E-state index contributed by atoms with van der Waals surface area (Å²) in [5.41, 5.74) is 0. The summed E-state index contributed by atoms with van der Waals surface area (Å²) in [5.74, 6) is -0.620. The average Bonchev–Trinajstić information content (AvgIpc) is 3.37. The maximum absolute atomic E-state index is 12.3. The highest BCUT2D eigenvalue weighted by atomic mass is 16.6. The van der Waals surface area contributed by atoms with Gasteiger partial charge in [-0.25, -0.2) is 0 Å². The van der Waals surface area contributed by atoms with Crippen LogP contribution in [0, 0.1) is 0 Å². The van der Waals surface area contributed by atoms with Gasteiger partial charge in [-0.05, 0) is 122 Å². The van der Waals surface area contributed by atoms with Gasteiger partial charge in [0, 0.05) is 12.8 Å². The van der Waals surface area contributed by atoms with Crippen molar-refractivity contribution in [3.05, 3.63) is 146 Å². The molecule has 0 fully saturated rings. The molecule has 0 aliphatic heterocycles. The van der Waals surface area contributed by atoms with Crippen molar-refractivity contribution in [1.82, 2.24) is 0 Å². The molecule has 0 saturated carbocycles. The summed E-state index contributed by atoms with van der Waals surface area (Å²) in [7, 11) is 0. The zero-order valence-electron chi connectivity index (χ0n) is 45.7. The fourth-order valence-electron chi connectivity index (χ4n) is 7.55. The predicted molar refractivity (Wildman–Crippen MR) is 311 cm³/mol. The van der Waals surface area contributed by atoms with E-state index in [0.717, 1.165) is 122 Å². The summed E-state index contributed by atoms with van der Waals surface area (Å²) < 4.78 is 10.7. The van der Waals surface area contributed by atoms with Crippen LogP contribution >= 0.6 is 0 Å². The Balaban J connectivity index is 3.63. The molecule has 0 saturated heterocycles. The zero-order chi connectivity index (χ0) is 51.3. The van der Waals surface area contributed by atoms with Gasteiger partial charge in [0.2, 0.25) is 0 Å². The minimum absolute atomic E-state index is 0.0818. The first-order chi connectivity index (χ1) is 35.1. The van der Waals surface area contributed by atoms with E-state index in [9.17, 15) is 14.7 Å². The molecule has 0 aromatic rings. The van der Waals surface area contributed by atoms with Crippen molar-refractivity contribution in [2.45, 2.75) is 245 Å². The molecule has 400 valence electrons. The van der Waals surface area contributed by atoms with Crippen molar-refractivity contribution in [2.75, 3.05) is 13.2 Å². The van der Waals surface area contributed by atoms with Gasteiger partial charge in [-0.2, -0.15) is 0 Å². The number of carbonyl (C=O) groups excluding carboxylic acids is 2. The number of hydrogen-bond donors (Lipinski definition) is 1. The Morgan fingerprint density at radius 3 is 0.930 bits per heavy atom. The van der Waals surface area contributed by atoms with Crippen LogP contribution < -0.4 is 0 Å². The molecule has 1 N–H and O–H groups in total. The number of esters is 2. The summed E-state index contributed by atoms with van der Waals surface area (Å²) in [6.07, 6.45) is 91.0. The molecule has 0 aliphatic carbocycles. The van der Waals surface area contributed by atoms with Crippen LogP contribution in [0.2, 0.25) is 0 Å². The summed E-state index contributed by atoms with van der Waals surface area (Å²) >= 11 is 0. The fourth-order valence-corrected chi connectivity index (χ4v) is 7.55. The second-order valence-electron chi connectivity index (χ2n) is 18.6. The van der Waals surface area contributed by atoms with Gasteiger partial charge in [-0.3, -0.25) is 9.59 Å². The molecule has 0 bridgehead atoms. The standard InChI is InChI=1S/C66H106O5/c1-3-5-7-9-11-13-15-17-19-21-22-23-24-25-26-27-28-29-30-31-32-33-34-35-36-37-38-39-40-41-42-43-44-45-47-49-51-53-55-57-59-61-66(69)71-64(62-67)63-70-65(68)60-58-56-54-52-50-48-46-20-18-16-14-12-10-8-6-4-2/h5,7,11,13,17,19-20,22-23,25-26,28-29,31-32,34-35,37-38,40-41,43-44,46,64,67H,3-4,6,8-10,12,14-16,18,21,24,27,30,33,36,39,42,45,47-63H2,1-2H3/b7-5-,13-11-,19-17-,23-22-,26-25-,29-28-,32-31-,35-34-,38-37-,41-40-,44-43-,46-20-. The summed E-state index contributed by atoms with van der Waals surface area (Å²) in [6.45, 7) is 4.00. The van der Waals surface area contributed by atoms with Crippen LogP contribution in [-0.4, -0.2) is 36.4 Å². The van der Waals surface area contributed by atoms with E-state index in [2.05, 4.69) is 160 Å². The van der Waals surface area contributed by atoms with Crippen molar-refractivity contribution in [1.29, 1.82) is 0 Å². The van der Waals surface area contributed by atoms with Crippen molar-refractivity contribution in [3.8, 4) is 0 Å². The SMILES string of the molecule is CC/C=C\C/C=C\C/C=C\C/C=C\C/C=C\C/C=C\C/C=C\C/C=C\C/C=C\C/C=C\C/C=C\CCCCCCCCCC(=O)OC(CO)COC(=O)CCCCCCC/C=C\CCCCCCCCC. The monoisotopic (exact) mass is 979 g/mol. The minimum atomic E-state index is -0.791. The molecule has 0 heterocycles. The van der Waals surface area contributed by atoms with E-state index in [4.69, 9.17) is 9.47 Å². The van der Waals surface area contributed by atoms with Gasteiger partial charge in [0.25, 0.3) is 0 Å². The third-order valence-corrected chi connectivity index (χ3v) is 11.9. The molecule has 5 heteroatoms. The lowest BCUT2D eigenvalue weighted by Crippen LogP contribution is -2.28. The van der Waals surface area contributed by atoms with Crippen LogP contribution in [0.3, 0.4) is 0 Å². The van der Waals surface area contributed by atoms with Crippen LogP contribution in [0.1, 0.15) is 239 Å². The first kappa shape index (κ1) is 66.8. The Bertz CT molecular complexity index is 1530. The van der Waals surface area contributed by atoms with Gasteiger partial charge in [0.1, 0.15) is 6.61 Å². The molecule has 0 rings (SSSR count). The second-order valence-corrected chi connectivity index (χ2v) is 18.6. The topological polar surface area (TPSA) is 72.8 Å². The highest BCUT2D eigenvalue weighted by Gasteiger charge is 2.16. The molecule has 0 spiro atoms. The Morgan fingerprint density at radius 2 is 0.606 bits per heavy atom. The van der Waals surface area contributed by atoms with Crippen LogP contribution in [0.4, 0.5) is 0 Å². The summed E-state index contributed by atoms with van der Waals surface area (Å²) in [6, 6.07) is 0. The maximum atomic E-state index is 12.3. The number of aliphatic hydroxyl groups excluding tert-OH is 1. The third kappa shape index (κ3) is 58.2. The van der Waals surface area contributed by atoms with Crippen molar-refractivity contribution < 1.29 is 24.2 Å². The lowest BCUT2D eigenvalue weighted by molar-refractivity contribution is -0.161. The molecule has 0 aromatic carbocycles. The summed E-state index contributed by atoms with van der Waals surface area (Å²) in [5, 5.41) is 9.63. The molecule has 5 nitrogen and oxygen atoms in total. The number of unbranched alkanes of at least 4 members (excludes halogenated alkanes) is 19. The Morgan fingerprint density at radius 1 is 0.338 bits per heavy atom. The lowest BCUT2D eigenvalue weighted by Gasteiger charge is -2.15. The lowest BCUT2D eigenvalue weighted by atomic mass is 10.1. The number of rotatable bonds is 51. The van der Waals surface area contributed by atoms with E-state index in [1.165, 1.54) is 89.9 Å². The highest BCUT2D eigenvalue weighted by molar-refractivity contribution is 5.70. The van der Waals surface area contributed by atoms with Crippen LogP contribution in [-0.2, 0) is 19.1 Å². The Hall–Kier alpha value is -4.22. The Labute approximate surface area is 438 Å². The van der Waals surface area contributed by atoms with E-state index in [0.29, 0.717) is 12.8 Å². The van der Waals surface area contributed by atoms with E-state index >= 15 is 0 Å². The molecular formula is C66H106O5. The van der Waals surface area contributed by atoms with Crippen molar-refractivity contribution >= 4 is 11.9 Å². The van der Waals surface area contributed by atoms with Gasteiger partial charge in [-0.15, -0.1) is 0 Å². The molecule has 0 amide bonds. The number of ether oxygens (including phenoxy) is 2. The number of aliphatic hydroxyl groups is 1. The molecule has 0 aromatic heterocycles. The number of carbonyl (C=O) groups is 2. The van der Waals surface area contributed by atoms with Crippen LogP contribution in [0.25, 0.3) is 0 Å². The normalized spacial score (nSPS) is 13.3. The fraction of sp³-hybridized carbons (Fsp3) is 0.606. The first-order valence-corrected chi connectivity index (χ1v) is 28.9. The quantitative estimate of drug-likeness (QED) is 0.0373. The molecule has 71 heavy (non-hydrogen) atoms. The maximum Gasteiger partial charge on any atom is 0.306 e. The Kier molecular flexibility index (Phi) is 56.5. The zero-order valence-corrected chi connectivity index (χ0v) is 45.7. The third-order valence-electron chi connectivity index (χ3n) is 11.9. The average molecular weight is 980 g/mol. The first-order valence-electron chi connectivity index (χ1n) is 28.9. The van der Waals surface area contributed by atoms with Gasteiger partial charge < -0.3 is 14.6 Å². The number of allylic oxidation sites excluding steroid dienone is 24. The highest BCUT2D eigenvalue weighted by Crippen LogP contribution is 2.13.